The van der Waals surface area contributed by atoms with Gasteiger partial charge in [-0.2, -0.15) is 0 Å². The summed E-state index contributed by atoms with van der Waals surface area (Å²) in [6, 6.07) is 0. The summed E-state index contributed by atoms with van der Waals surface area (Å²) < 4.78 is 0. The second kappa shape index (κ2) is 4.38. The van der Waals surface area contributed by atoms with Gasteiger partial charge in [-0.25, -0.2) is 0 Å². The molecule has 8 heavy (non-hydrogen) atoms. The summed E-state index contributed by atoms with van der Waals surface area (Å²) in [6.07, 6.45) is 7.84. The summed E-state index contributed by atoms with van der Waals surface area (Å²) in [5.41, 5.74) is 1.20. The Morgan fingerprint density at radius 1 is 1.50 bits per heavy atom. The lowest BCUT2D eigenvalue weighted by molar-refractivity contribution is 1.53. The summed E-state index contributed by atoms with van der Waals surface area (Å²) in [5.74, 6) is 0. The quantitative estimate of drug-likeness (QED) is 0.477. The first-order valence-electron chi connectivity index (χ1n) is 2.73. The maximum Gasteiger partial charge on any atom is -0.0398 e. The van der Waals surface area contributed by atoms with E-state index in [1.165, 1.54) is 5.57 Å². The molecule has 0 fully saturated rings. The van der Waals surface area contributed by atoms with Gasteiger partial charge in [0, 0.05) is 0 Å². The lowest BCUT2D eigenvalue weighted by Gasteiger charge is -1.81. The van der Waals surface area contributed by atoms with E-state index in [9.17, 15) is 0 Å². The van der Waals surface area contributed by atoms with Gasteiger partial charge in [0.25, 0.3) is 0 Å². The molecule has 0 aromatic rings. The van der Waals surface area contributed by atoms with Crippen molar-refractivity contribution < 1.29 is 0 Å². The molecule has 0 unspecified atom stereocenters. The average molecular weight is 108 g/mol. The van der Waals surface area contributed by atoms with E-state index < -0.39 is 0 Å². The Bertz CT molecular complexity index is 116. The molecule has 0 N–H and O–H groups in total. The van der Waals surface area contributed by atoms with Crippen molar-refractivity contribution in [1.82, 2.24) is 0 Å². The first-order valence-corrected chi connectivity index (χ1v) is 2.73. The van der Waals surface area contributed by atoms with E-state index in [-0.39, 0.29) is 0 Å². The highest BCUT2D eigenvalue weighted by molar-refractivity contribution is 5.18. The second-order valence-corrected chi connectivity index (χ2v) is 1.64. The molecule has 0 saturated heterocycles. The van der Waals surface area contributed by atoms with Crippen LogP contribution in [0, 0.1) is 0 Å². The maximum atomic E-state index is 3.61. The van der Waals surface area contributed by atoms with E-state index in [1.54, 1.807) is 0 Å². The second-order valence-electron chi connectivity index (χ2n) is 1.64. The minimum Gasteiger partial charge on any atom is -0.0988 e. The first kappa shape index (κ1) is 7.22. The molecule has 0 rings (SSSR count). The van der Waals surface area contributed by atoms with Gasteiger partial charge in [0.15, 0.2) is 0 Å². The van der Waals surface area contributed by atoms with E-state index in [4.69, 9.17) is 0 Å². The van der Waals surface area contributed by atoms with Crippen LogP contribution in [-0.2, 0) is 0 Å². The average Bonchev–Trinajstić information content (AvgIpc) is 1.83. The summed E-state index contributed by atoms with van der Waals surface area (Å²) in [6.45, 7) is 7.63. The molecule has 0 amide bonds. The van der Waals surface area contributed by atoms with E-state index >= 15 is 0 Å². The third kappa shape index (κ3) is 3.41. The van der Waals surface area contributed by atoms with Gasteiger partial charge in [-0.1, -0.05) is 36.5 Å². The highest BCUT2D eigenvalue weighted by Crippen LogP contribution is 1.91. The molecule has 0 atom stereocenters. The summed E-state index contributed by atoms with van der Waals surface area (Å²) in [7, 11) is 0. The van der Waals surface area contributed by atoms with Crippen molar-refractivity contribution in [1.29, 1.82) is 0 Å². The van der Waals surface area contributed by atoms with Crippen LogP contribution in [0.3, 0.4) is 0 Å². The third-order valence-corrected chi connectivity index (χ3v) is 0.874. The van der Waals surface area contributed by atoms with Crippen LogP contribution in [0.25, 0.3) is 0 Å². The zero-order valence-corrected chi connectivity index (χ0v) is 5.52. The van der Waals surface area contributed by atoms with Gasteiger partial charge in [0.1, 0.15) is 0 Å². The van der Waals surface area contributed by atoms with Crippen LogP contribution in [-0.4, -0.2) is 0 Å². The first-order chi connectivity index (χ1) is 3.81. The summed E-state index contributed by atoms with van der Waals surface area (Å²) in [5, 5.41) is 0. The fourth-order valence-electron chi connectivity index (χ4n) is 0.316. The van der Waals surface area contributed by atoms with Crippen molar-refractivity contribution in [2.75, 3.05) is 0 Å². The highest BCUT2D eigenvalue weighted by atomic mass is 13.8. The van der Waals surface area contributed by atoms with Crippen LogP contribution in [0.15, 0.2) is 36.5 Å². The van der Waals surface area contributed by atoms with Gasteiger partial charge in [0.05, 0.1) is 0 Å². The Balaban J connectivity index is 3.74. The molecule has 0 aromatic carbocycles. The Hall–Kier alpha value is -0.780. The third-order valence-electron chi connectivity index (χ3n) is 0.874. The van der Waals surface area contributed by atoms with Crippen LogP contribution >= 0.6 is 0 Å². The molecule has 0 aromatic heterocycles. The standard InChI is InChI=1S/C8H12/c1-4-6-7-8(3)5-2/h4-7H,2H2,1,3H3/b6-4-,8-7+. The van der Waals surface area contributed by atoms with Gasteiger partial charge >= 0.3 is 0 Å². The predicted molar refractivity (Wildman–Crippen MR) is 38.8 cm³/mol. The molecule has 0 aliphatic heterocycles. The SMILES string of the molecule is C=C/C(C)=C/C=C\C. The maximum absolute atomic E-state index is 3.61. The zero-order chi connectivity index (χ0) is 6.41. The molecule has 0 spiro atoms. The molecule has 0 saturated carbocycles. The molecule has 0 aliphatic rings. The predicted octanol–water partition coefficient (Wildman–Crippen LogP) is 2.69. The smallest absolute Gasteiger partial charge is 0.0398 e. The van der Waals surface area contributed by atoms with Crippen LogP contribution in [0.4, 0.5) is 0 Å². The van der Waals surface area contributed by atoms with Gasteiger partial charge in [-0.15, -0.1) is 0 Å². The van der Waals surface area contributed by atoms with E-state index in [0.29, 0.717) is 0 Å². The topological polar surface area (TPSA) is 0 Å². The highest BCUT2D eigenvalue weighted by Gasteiger charge is 1.70. The Morgan fingerprint density at radius 3 is 2.50 bits per heavy atom. The van der Waals surface area contributed by atoms with Crippen molar-refractivity contribution >= 4 is 0 Å². The largest absolute Gasteiger partial charge is 0.0988 e. The number of hydrogen-bond acceptors (Lipinski definition) is 0. The molecule has 0 bridgehead atoms. The van der Waals surface area contributed by atoms with Gasteiger partial charge in [0.2, 0.25) is 0 Å². The molecule has 0 heteroatoms. The normalized spacial score (nSPS) is 12.5. The van der Waals surface area contributed by atoms with Gasteiger partial charge in [-0.05, 0) is 13.8 Å². The lowest BCUT2D eigenvalue weighted by atomic mass is 10.3. The van der Waals surface area contributed by atoms with Crippen molar-refractivity contribution in [3.8, 4) is 0 Å². The Labute approximate surface area is 51.2 Å². The van der Waals surface area contributed by atoms with E-state index in [0.717, 1.165) is 0 Å². The molecular weight excluding hydrogens is 96.1 g/mol. The monoisotopic (exact) mass is 108 g/mol. The molecule has 0 nitrogen and oxygen atoms in total. The Morgan fingerprint density at radius 2 is 2.12 bits per heavy atom. The van der Waals surface area contributed by atoms with Crippen LogP contribution in [0.1, 0.15) is 13.8 Å². The molecule has 0 heterocycles. The minimum atomic E-state index is 1.20. The lowest BCUT2D eigenvalue weighted by Crippen LogP contribution is -1.60. The number of rotatable bonds is 2. The fourth-order valence-corrected chi connectivity index (χ4v) is 0.316. The van der Waals surface area contributed by atoms with Crippen molar-refractivity contribution in [2.24, 2.45) is 0 Å². The zero-order valence-electron chi connectivity index (χ0n) is 5.52. The molecular formula is C8H12. The van der Waals surface area contributed by atoms with Crippen LogP contribution in [0.2, 0.25) is 0 Å². The van der Waals surface area contributed by atoms with E-state index in [1.807, 2.05) is 38.2 Å². The van der Waals surface area contributed by atoms with E-state index in [2.05, 4.69) is 6.58 Å². The van der Waals surface area contributed by atoms with Gasteiger partial charge < -0.3 is 0 Å². The summed E-state index contributed by atoms with van der Waals surface area (Å²) in [4.78, 5) is 0. The number of allylic oxidation sites excluding steroid dienone is 5. The molecule has 0 radical (unpaired) electrons. The minimum absolute atomic E-state index is 1.20. The van der Waals surface area contributed by atoms with Crippen molar-refractivity contribution in [2.45, 2.75) is 13.8 Å². The van der Waals surface area contributed by atoms with Crippen LogP contribution < -0.4 is 0 Å². The van der Waals surface area contributed by atoms with Crippen molar-refractivity contribution in [3.63, 3.8) is 0 Å². The molecule has 44 valence electrons. The number of hydrogen-bond donors (Lipinski definition) is 0. The van der Waals surface area contributed by atoms with Crippen molar-refractivity contribution in [3.05, 3.63) is 36.5 Å². The Kier molecular flexibility index (Phi) is 3.95. The van der Waals surface area contributed by atoms with Gasteiger partial charge in [-0.3, -0.25) is 0 Å². The van der Waals surface area contributed by atoms with Crippen LogP contribution in [0.5, 0.6) is 0 Å². The summed E-state index contributed by atoms with van der Waals surface area (Å²) >= 11 is 0. The molecule has 0 aliphatic carbocycles. The fraction of sp³-hybridized carbons (Fsp3) is 0.250.